The van der Waals surface area contributed by atoms with E-state index in [1.54, 1.807) is 0 Å². The molecular formula is C51H75N5. The van der Waals surface area contributed by atoms with Crippen molar-refractivity contribution in [2.24, 2.45) is 22.2 Å². The lowest BCUT2D eigenvalue weighted by molar-refractivity contribution is 0.279. The maximum atomic E-state index is 4.09. The first-order chi connectivity index (χ1) is 25.6. The quantitative estimate of drug-likeness (QED) is 0.214. The highest BCUT2D eigenvalue weighted by Gasteiger charge is 2.26. The summed E-state index contributed by atoms with van der Waals surface area (Å²) >= 11 is 0. The number of benzene rings is 2. The van der Waals surface area contributed by atoms with E-state index in [-0.39, 0.29) is 27.2 Å². The molecule has 56 heavy (non-hydrogen) atoms. The molecule has 1 atom stereocenters. The fourth-order valence-electron chi connectivity index (χ4n) is 5.44. The van der Waals surface area contributed by atoms with E-state index in [2.05, 4.69) is 192 Å². The Bertz CT molecular complexity index is 1810. The molecule has 304 valence electrons. The molecule has 0 radical (unpaired) electrons. The molecule has 0 saturated carbocycles. The van der Waals surface area contributed by atoms with Crippen LogP contribution in [0.15, 0.2) is 48.5 Å². The molecule has 5 heteroatoms. The first-order valence-corrected chi connectivity index (χ1v) is 20.7. The second-order valence-corrected chi connectivity index (χ2v) is 21.3. The third-order valence-electron chi connectivity index (χ3n) is 8.93. The van der Waals surface area contributed by atoms with Gasteiger partial charge in [0.05, 0.1) is 5.69 Å². The van der Waals surface area contributed by atoms with Crippen molar-refractivity contribution in [2.45, 2.75) is 180 Å². The van der Waals surface area contributed by atoms with Crippen molar-refractivity contribution in [1.82, 2.24) is 20.4 Å². The second-order valence-electron chi connectivity index (χ2n) is 21.3. The highest BCUT2D eigenvalue weighted by atomic mass is 15.3. The number of hydrogen-bond donors (Lipinski definition) is 0. The average molecular weight is 758 g/mol. The predicted octanol–water partition coefficient (Wildman–Crippen LogP) is 12.8. The Morgan fingerprint density at radius 3 is 1.50 bits per heavy atom. The van der Waals surface area contributed by atoms with E-state index in [1.165, 1.54) is 36.9 Å². The van der Waals surface area contributed by atoms with E-state index >= 15 is 0 Å². The molecule has 1 aliphatic heterocycles. The monoisotopic (exact) mass is 758 g/mol. The molecule has 1 unspecified atom stereocenters. The standard InChI is InChI=1S/C19H19N.C12H20.C10H18N4.C10H18/c1-19(2,3)20-14-17-10-5-4-8-15(17)12-13-16-9-6-7-11-18(16)20;1-12(2,3)11-9-7-5-4-6-8-10-11;1-9(2,3)7-11-13-8(14-12-7)10(4,5)6;1-9(2,3)7-8-10(4,5)6/h4-11H,14H2,1-3H3;11H,4-7,9H2,1-3H3;1-6H3;1-6H3. The highest BCUT2D eigenvalue weighted by Crippen LogP contribution is 2.32. The van der Waals surface area contributed by atoms with E-state index in [4.69, 9.17) is 0 Å². The van der Waals surface area contributed by atoms with E-state index < -0.39 is 0 Å². The molecular weight excluding hydrogens is 683 g/mol. The maximum Gasteiger partial charge on any atom is 0.178 e. The van der Waals surface area contributed by atoms with Gasteiger partial charge in [0.15, 0.2) is 11.6 Å². The van der Waals surface area contributed by atoms with Crippen LogP contribution in [0.25, 0.3) is 0 Å². The van der Waals surface area contributed by atoms with E-state index in [0.29, 0.717) is 23.0 Å². The zero-order valence-electron chi connectivity index (χ0n) is 38.7. The molecule has 2 aliphatic rings. The summed E-state index contributed by atoms with van der Waals surface area (Å²) in [4.78, 5) is 2.44. The van der Waals surface area contributed by atoms with Gasteiger partial charge in [-0.1, -0.05) is 135 Å². The number of aromatic nitrogens is 4. The highest BCUT2D eigenvalue weighted by molar-refractivity contribution is 5.65. The fraction of sp³-hybridized carbons (Fsp3) is 0.608. The Labute approximate surface area is 344 Å². The summed E-state index contributed by atoms with van der Waals surface area (Å²) in [5.74, 6) is 21.8. The molecule has 2 heterocycles. The summed E-state index contributed by atoms with van der Waals surface area (Å²) in [7, 11) is 0. The topological polar surface area (TPSA) is 54.8 Å². The van der Waals surface area contributed by atoms with Crippen LogP contribution in [0.2, 0.25) is 0 Å². The van der Waals surface area contributed by atoms with Gasteiger partial charge in [0.2, 0.25) is 0 Å². The average Bonchev–Trinajstić information content (AvgIpc) is 3.03. The van der Waals surface area contributed by atoms with Crippen LogP contribution < -0.4 is 4.90 Å². The van der Waals surface area contributed by atoms with Gasteiger partial charge < -0.3 is 4.90 Å². The number of rotatable bonds is 0. The minimum atomic E-state index is -0.0869. The summed E-state index contributed by atoms with van der Waals surface area (Å²) in [6.07, 6.45) is 6.48. The molecule has 0 fully saturated rings. The smallest absolute Gasteiger partial charge is 0.178 e. The van der Waals surface area contributed by atoms with Gasteiger partial charge in [-0.05, 0) is 104 Å². The molecule has 1 aromatic heterocycles. The third-order valence-corrected chi connectivity index (χ3v) is 8.93. The minimum Gasteiger partial charge on any atom is -0.361 e. The number of hydrogen-bond acceptors (Lipinski definition) is 5. The molecule has 0 spiro atoms. The molecule has 0 N–H and O–H groups in total. The molecule has 2 aromatic carbocycles. The Kier molecular flexibility index (Phi) is 17.0. The van der Waals surface area contributed by atoms with Crippen LogP contribution in [0.4, 0.5) is 5.69 Å². The van der Waals surface area contributed by atoms with Gasteiger partial charge in [0.1, 0.15) is 0 Å². The van der Waals surface area contributed by atoms with Crippen LogP contribution in [0, 0.1) is 57.7 Å². The van der Waals surface area contributed by atoms with Crippen LogP contribution >= 0.6 is 0 Å². The lowest BCUT2D eigenvalue weighted by Crippen LogP contribution is -2.41. The molecule has 3 aromatic rings. The summed E-state index contributed by atoms with van der Waals surface area (Å²) in [6.45, 7) is 39.6. The lowest BCUT2D eigenvalue weighted by atomic mass is 9.77. The van der Waals surface area contributed by atoms with Crippen molar-refractivity contribution < 1.29 is 0 Å². The van der Waals surface area contributed by atoms with Gasteiger partial charge in [-0.3, -0.25) is 0 Å². The predicted molar refractivity (Wildman–Crippen MR) is 240 cm³/mol. The summed E-state index contributed by atoms with van der Waals surface area (Å²) in [5.41, 5.74) is 5.32. The normalized spacial score (nSPS) is 15.6. The SMILES string of the molecule is CC(C)(C)C#CC(C)(C)C.CC(C)(C)C1C#CCCCCC1.CC(C)(C)N1Cc2ccccc2C#Cc2ccccc21.CC(C)(C)c1nnc(C(C)(C)C)nn1. The van der Waals surface area contributed by atoms with Crippen molar-refractivity contribution in [3.63, 3.8) is 0 Å². The molecule has 0 bridgehead atoms. The van der Waals surface area contributed by atoms with Gasteiger partial charge >= 0.3 is 0 Å². The first kappa shape index (κ1) is 48.0. The zero-order chi connectivity index (χ0) is 42.6. The fourth-order valence-corrected chi connectivity index (χ4v) is 5.44. The summed E-state index contributed by atoms with van der Waals surface area (Å²) in [5, 5.41) is 16.4. The first-order valence-electron chi connectivity index (χ1n) is 20.7. The van der Waals surface area contributed by atoms with Gasteiger partial charge in [-0.15, -0.1) is 26.3 Å². The Morgan fingerprint density at radius 2 is 1.04 bits per heavy atom. The van der Waals surface area contributed by atoms with E-state index in [1.807, 2.05) is 41.5 Å². The van der Waals surface area contributed by atoms with E-state index in [0.717, 1.165) is 24.1 Å². The van der Waals surface area contributed by atoms with Crippen LogP contribution in [0.5, 0.6) is 0 Å². The number of nitrogens with zero attached hydrogens (tertiary/aromatic N) is 5. The van der Waals surface area contributed by atoms with Crippen LogP contribution in [0.3, 0.4) is 0 Å². The van der Waals surface area contributed by atoms with E-state index in [9.17, 15) is 0 Å². The van der Waals surface area contributed by atoms with Gasteiger partial charge in [-0.25, -0.2) is 0 Å². The van der Waals surface area contributed by atoms with Gasteiger partial charge in [0, 0.05) is 57.2 Å². The minimum absolute atomic E-state index is 0.0578. The molecule has 0 saturated heterocycles. The zero-order valence-corrected chi connectivity index (χ0v) is 38.7. The lowest BCUT2D eigenvalue weighted by Gasteiger charge is -2.39. The summed E-state index contributed by atoms with van der Waals surface area (Å²) < 4.78 is 0. The van der Waals surface area contributed by atoms with Crippen molar-refractivity contribution in [1.29, 1.82) is 0 Å². The second kappa shape index (κ2) is 19.8. The van der Waals surface area contributed by atoms with Crippen molar-refractivity contribution in [3.05, 3.63) is 76.9 Å². The van der Waals surface area contributed by atoms with Crippen LogP contribution in [0.1, 0.15) is 185 Å². The van der Waals surface area contributed by atoms with Gasteiger partial charge in [0.25, 0.3) is 0 Å². The largest absolute Gasteiger partial charge is 0.361 e. The Morgan fingerprint density at radius 1 is 0.571 bits per heavy atom. The molecule has 0 amide bonds. The van der Waals surface area contributed by atoms with Crippen LogP contribution in [-0.4, -0.2) is 25.9 Å². The van der Waals surface area contributed by atoms with Crippen molar-refractivity contribution in [3.8, 4) is 35.5 Å². The van der Waals surface area contributed by atoms with Crippen LogP contribution in [-0.2, 0) is 17.4 Å². The number of fused-ring (bicyclic) bond motifs is 2. The van der Waals surface area contributed by atoms with Crippen molar-refractivity contribution in [2.75, 3.05) is 4.90 Å². The van der Waals surface area contributed by atoms with Crippen molar-refractivity contribution >= 4 is 5.69 Å². The number of para-hydroxylation sites is 1. The molecule has 5 rings (SSSR count). The van der Waals surface area contributed by atoms with Gasteiger partial charge in [-0.2, -0.15) is 0 Å². The Balaban J connectivity index is 0.000000268. The maximum absolute atomic E-state index is 4.09. The molecule has 5 nitrogen and oxygen atoms in total. The molecule has 1 aliphatic carbocycles. The third kappa shape index (κ3) is 17.8. The number of anilines is 1. The Hall–Kier alpha value is -4.14. The summed E-state index contributed by atoms with van der Waals surface area (Å²) in [6, 6.07) is 16.9.